The highest BCUT2D eigenvalue weighted by atomic mass is 35.5. The third-order valence-corrected chi connectivity index (χ3v) is 8.50. The number of rotatable bonds is 6. The summed E-state index contributed by atoms with van der Waals surface area (Å²) in [4.78, 5) is 25.2. The van der Waals surface area contributed by atoms with Crippen molar-refractivity contribution in [3.05, 3.63) is 58.6 Å². The fourth-order valence-electron chi connectivity index (χ4n) is 6.57. The van der Waals surface area contributed by atoms with Crippen molar-refractivity contribution >= 4 is 45.2 Å². The van der Waals surface area contributed by atoms with Crippen molar-refractivity contribution in [3.8, 4) is 16.9 Å². The number of fused-ring (bicyclic) bond motifs is 4. The van der Waals surface area contributed by atoms with E-state index in [9.17, 15) is 9.18 Å². The van der Waals surface area contributed by atoms with E-state index in [1.165, 1.54) is 25.3 Å². The van der Waals surface area contributed by atoms with Crippen LogP contribution in [0, 0.1) is 17.5 Å². The Morgan fingerprint density at radius 3 is 2.40 bits per heavy atom. The second kappa shape index (κ2) is 11.8. The molecule has 2 bridgehead atoms. The average Bonchev–Trinajstić information content (AvgIpc) is 3.25. The van der Waals surface area contributed by atoms with Crippen LogP contribution in [0.4, 0.5) is 23.8 Å². The molecule has 2 fully saturated rings. The molecule has 0 radical (unpaired) electrons. The molecular weight excluding hydrogens is 609 g/mol. The number of amides is 1. The molecule has 1 amide bonds. The lowest BCUT2D eigenvalue weighted by atomic mass is 9.91. The van der Waals surface area contributed by atoms with Crippen LogP contribution in [0.3, 0.4) is 0 Å². The van der Waals surface area contributed by atoms with E-state index in [1.54, 1.807) is 24.0 Å². The van der Waals surface area contributed by atoms with Gasteiger partial charge >= 0.3 is 6.09 Å². The Hall–Kier alpha value is -3.83. The van der Waals surface area contributed by atoms with E-state index in [0.29, 0.717) is 41.6 Å². The van der Waals surface area contributed by atoms with Crippen molar-refractivity contribution in [3.63, 3.8) is 0 Å². The Morgan fingerprint density at radius 1 is 1.04 bits per heavy atom. The number of halogens is 4. The number of nitrogens with zero attached hydrogens (tertiary/aromatic N) is 4. The molecule has 45 heavy (non-hydrogen) atoms. The minimum Gasteiger partial charge on any atom is -0.468 e. The lowest BCUT2D eigenvalue weighted by molar-refractivity contribution is 0.0123. The van der Waals surface area contributed by atoms with Crippen molar-refractivity contribution in [2.75, 3.05) is 31.9 Å². The first-order chi connectivity index (χ1) is 21.4. The molecule has 3 aromatic carbocycles. The Morgan fingerprint density at radius 2 is 1.76 bits per heavy atom. The predicted octanol–water partition coefficient (Wildman–Crippen LogP) is 7.65. The molecule has 3 heterocycles. The molecule has 2 aliphatic rings. The largest absolute Gasteiger partial charge is 0.468 e. The average molecular weight is 643 g/mol. The molecule has 12 heteroatoms. The van der Waals surface area contributed by atoms with Gasteiger partial charge in [0.1, 0.15) is 34.3 Å². The van der Waals surface area contributed by atoms with E-state index in [2.05, 4.69) is 9.97 Å². The topological polar surface area (TPSA) is 77.0 Å². The van der Waals surface area contributed by atoms with Gasteiger partial charge in [0.25, 0.3) is 0 Å². The third kappa shape index (κ3) is 5.72. The number of aromatic nitrogens is 2. The molecule has 0 aliphatic carbocycles. The molecule has 0 unspecified atom stereocenters. The summed E-state index contributed by atoms with van der Waals surface area (Å²) in [5.74, 6) is -1.74. The van der Waals surface area contributed by atoms with Gasteiger partial charge in [0, 0.05) is 25.6 Å². The van der Waals surface area contributed by atoms with Gasteiger partial charge in [0.05, 0.1) is 17.6 Å². The van der Waals surface area contributed by atoms with E-state index >= 15 is 8.78 Å². The molecular formula is C33H34ClF3N4O4. The summed E-state index contributed by atoms with van der Waals surface area (Å²) in [5, 5.41) is 0.851. The normalized spacial score (nSPS) is 18.2. The van der Waals surface area contributed by atoms with Gasteiger partial charge in [-0.2, -0.15) is 4.98 Å². The molecule has 2 aliphatic heterocycles. The number of aryl methyl sites for hydroxylation is 1. The Labute approximate surface area is 264 Å². The standard InChI is InChI=1S/C33H34ClF3N4O4/c1-6-21-24(35)10-7-17-11-20(44-16-43-5)12-22(26(17)21)27-25(36)13-23-29(28(27)37)38-31(34)39-30(23)40-14-18-8-9-19(15-40)41(18)32(42)45-33(2,3)4/h7,10-13,18-19H,6,8-9,14-16H2,1-5H3/t18-,19+. The first-order valence-corrected chi connectivity index (χ1v) is 15.3. The van der Waals surface area contributed by atoms with Crippen molar-refractivity contribution in [2.24, 2.45) is 0 Å². The van der Waals surface area contributed by atoms with Crippen LogP contribution in [0.25, 0.3) is 32.8 Å². The Kier molecular flexibility index (Phi) is 8.19. The second-order valence-corrected chi connectivity index (χ2v) is 12.8. The van der Waals surface area contributed by atoms with Crippen molar-refractivity contribution < 1.29 is 32.2 Å². The molecule has 2 saturated heterocycles. The summed E-state index contributed by atoms with van der Waals surface area (Å²) in [7, 11) is 1.46. The number of carbonyl (C=O) groups is 1. The number of hydrogen-bond acceptors (Lipinski definition) is 7. The summed E-state index contributed by atoms with van der Waals surface area (Å²) < 4.78 is 64.2. The van der Waals surface area contributed by atoms with Crippen LogP contribution in [0.1, 0.15) is 46.1 Å². The van der Waals surface area contributed by atoms with E-state index in [4.69, 9.17) is 25.8 Å². The van der Waals surface area contributed by atoms with Crippen molar-refractivity contribution in [2.45, 2.75) is 64.6 Å². The minimum atomic E-state index is -0.956. The molecule has 1 aromatic heterocycles. The molecule has 2 atom stereocenters. The highest BCUT2D eigenvalue weighted by Crippen LogP contribution is 2.43. The predicted molar refractivity (Wildman–Crippen MR) is 166 cm³/mol. The van der Waals surface area contributed by atoms with Gasteiger partial charge in [-0.15, -0.1) is 0 Å². The molecule has 8 nitrogen and oxygen atoms in total. The number of anilines is 1. The Bertz CT molecular complexity index is 1800. The number of benzene rings is 3. The van der Waals surface area contributed by atoms with Crippen molar-refractivity contribution in [1.82, 2.24) is 14.9 Å². The summed E-state index contributed by atoms with van der Waals surface area (Å²) in [6.45, 7) is 7.91. The number of piperazine rings is 1. The zero-order valence-electron chi connectivity index (χ0n) is 25.7. The maximum atomic E-state index is 16.6. The van der Waals surface area contributed by atoms with Gasteiger partial charge in [0.2, 0.25) is 5.28 Å². The maximum absolute atomic E-state index is 16.6. The summed E-state index contributed by atoms with van der Waals surface area (Å²) >= 11 is 6.36. The van der Waals surface area contributed by atoms with Crippen LogP contribution < -0.4 is 9.64 Å². The monoisotopic (exact) mass is 642 g/mol. The second-order valence-electron chi connectivity index (χ2n) is 12.4. The van der Waals surface area contributed by atoms with Gasteiger partial charge in [-0.05, 0) is 97.8 Å². The number of ether oxygens (including phenoxy) is 3. The summed E-state index contributed by atoms with van der Waals surface area (Å²) in [6, 6.07) is 6.89. The fraction of sp³-hybridized carbons (Fsp3) is 0.424. The van der Waals surface area contributed by atoms with Gasteiger partial charge in [-0.1, -0.05) is 13.0 Å². The molecule has 238 valence electrons. The Balaban J connectivity index is 1.47. The van der Waals surface area contributed by atoms with E-state index in [-0.39, 0.29) is 58.1 Å². The van der Waals surface area contributed by atoms with Crippen LogP contribution in [-0.4, -0.2) is 65.6 Å². The van der Waals surface area contributed by atoms with Gasteiger partial charge in [-0.25, -0.2) is 22.9 Å². The zero-order chi connectivity index (χ0) is 32.2. The molecule has 0 saturated carbocycles. The van der Waals surface area contributed by atoms with E-state index in [0.717, 1.165) is 12.8 Å². The first-order valence-electron chi connectivity index (χ1n) is 14.9. The van der Waals surface area contributed by atoms with E-state index in [1.807, 2.05) is 25.7 Å². The smallest absolute Gasteiger partial charge is 0.410 e. The maximum Gasteiger partial charge on any atom is 0.410 e. The van der Waals surface area contributed by atoms with Gasteiger partial charge < -0.3 is 19.1 Å². The SMILES string of the molecule is CCc1c(F)ccc2cc(OCOC)cc(-c3c(F)cc4c(N5C[C@H]6CC[C@@H](C5)N6C(=O)OC(C)(C)C)nc(Cl)nc4c3F)c12. The van der Waals surface area contributed by atoms with Crippen LogP contribution in [0.2, 0.25) is 5.28 Å². The number of hydrogen-bond donors (Lipinski definition) is 0. The third-order valence-electron chi connectivity index (χ3n) is 8.33. The highest BCUT2D eigenvalue weighted by Gasteiger charge is 2.45. The lowest BCUT2D eigenvalue weighted by Crippen LogP contribution is -2.57. The van der Waals surface area contributed by atoms with Crippen LogP contribution >= 0.6 is 11.6 Å². The van der Waals surface area contributed by atoms with Crippen LogP contribution in [-0.2, 0) is 15.9 Å². The van der Waals surface area contributed by atoms with E-state index < -0.39 is 23.1 Å². The van der Waals surface area contributed by atoms with Gasteiger partial charge in [0.15, 0.2) is 12.6 Å². The quantitative estimate of drug-likeness (QED) is 0.158. The molecule has 4 aromatic rings. The van der Waals surface area contributed by atoms with Gasteiger partial charge in [-0.3, -0.25) is 4.90 Å². The molecule has 6 rings (SSSR count). The highest BCUT2D eigenvalue weighted by molar-refractivity contribution is 6.29. The van der Waals surface area contributed by atoms with Crippen LogP contribution in [0.15, 0.2) is 30.3 Å². The number of carbonyl (C=O) groups excluding carboxylic acids is 1. The molecule has 0 N–H and O–H groups in total. The van der Waals surface area contributed by atoms with Crippen molar-refractivity contribution in [1.29, 1.82) is 0 Å². The fourth-order valence-corrected chi connectivity index (χ4v) is 6.74. The minimum absolute atomic E-state index is 0.0924. The summed E-state index contributed by atoms with van der Waals surface area (Å²) in [5.41, 5.74) is -0.756. The van der Waals surface area contributed by atoms with Crippen LogP contribution in [0.5, 0.6) is 5.75 Å². The summed E-state index contributed by atoms with van der Waals surface area (Å²) in [6.07, 6.45) is 1.43. The zero-order valence-corrected chi connectivity index (χ0v) is 26.5. The lowest BCUT2D eigenvalue weighted by Gasteiger charge is -2.42. The number of methoxy groups -OCH3 is 1. The molecule has 0 spiro atoms. The first kappa shape index (κ1) is 31.2.